The molecule has 2 amide bonds. The molecule has 3 aromatic rings. The lowest BCUT2D eigenvalue weighted by molar-refractivity contribution is 0.244. The highest BCUT2D eigenvalue weighted by Crippen LogP contribution is 2.22. The van der Waals surface area contributed by atoms with Crippen LogP contribution in [0.4, 0.5) is 22.2 Å². The van der Waals surface area contributed by atoms with Gasteiger partial charge in [0.2, 0.25) is 16.0 Å². The number of rotatable bonds is 5. The van der Waals surface area contributed by atoms with Crippen LogP contribution in [0.3, 0.4) is 0 Å². The van der Waals surface area contributed by atoms with Crippen molar-refractivity contribution in [1.82, 2.24) is 20.3 Å². The van der Waals surface area contributed by atoms with E-state index in [4.69, 9.17) is 5.14 Å². The van der Waals surface area contributed by atoms with Gasteiger partial charge in [0.15, 0.2) is 5.65 Å². The number of urea groups is 1. The third kappa shape index (κ3) is 5.29. The van der Waals surface area contributed by atoms with E-state index in [1.54, 1.807) is 24.4 Å². The van der Waals surface area contributed by atoms with Gasteiger partial charge in [0.25, 0.3) is 0 Å². The van der Waals surface area contributed by atoms with Gasteiger partial charge in [-0.05, 0) is 55.7 Å². The van der Waals surface area contributed by atoms with Gasteiger partial charge in [-0.2, -0.15) is 4.98 Å². The molecule has 0 saturated heterocycles. The van der Waals surface area contributed by atoms with Gasteiger partial charge < -0.3 is 10.6 Å². The van der Waals surface area contributed by atoms with Crippen molar-refractivity contribution in [3.05, 3.63) is 42.1 Å². The van der Waals surface area contributed by atoms with Gasteiger partial charge in [-0.25, -0.2) is 28.3 Å². The van der Waals surface area contributed by atoms with Crippen LogP contribution in [0.25, 0.3) is 11.0 Å². The first-order chi connectivity index (χ1) is 15.3. The summed E-state index contributed by atoms with van der Waals surface area (Å²) in [6.07, 6.45) is 7.14. The lowest BCUT2D eigenvalue weighted by Gasteiger charge is -2.22. The van der Waals surface area contributed by atoms with Crippen LogP contribution < -0.4 is 21.1 Å². The van der Waals surface area contributed by atoms with E-state index in [-0.39, 0.29) is 22.9 Å². The summed E-state index contributed by atoms with van der Waals surface area (Å²) in [6.45, 7) is 1.90. The number of hydrogen-bond donors (Lipinski definition) is 4. The van der Waals surface area contributed by atoms with Crippen LogP contribution in [-0.2, 0) is 10.0 Å². The fourth-order valence-electron chi connectivity index (χ4n) is 3.73. The minimum atomic E-state index is -3.76. The van der Waals surface area contributed by atoms with Crippen molar-refractivity contribution in [2.24, 2.45) is 5.14 Å². The number of aromatic nitrogens is 3. The van der Waals surface area contributed by atoms with Crippen LogP contribution in [0.15, 0.2) is 41.4 Å². The Morgan fingerprint density at radius 2 is 1.81 bits per heavy atom. The quantitative estimate of drug-likeness (QED) is 0.461. The molecule has 0 bridgehead atoms. The summed E-state index contributed by atoms with van der Waals surface area (Å²) in [4.78, 5) is 25.6. The van der Waals surface area contributed by atoms with E-state index in [2.05, 4.69) is 30.9 Å². The predicted molar refractivity (Wildman–Crippen MR) is 122 cm³/mol. The van der Waals surface area contributed by atoms with E-state index in [0.717, 1.165) is 36.6 Å². The molecular weight excluding hydrogens is 430 g/mol. The Morgan fingerprint density at radius 1 is 1.09 bits per heavy atom. The molecule has 1 saturated carbocycles. The summed E-state index contributed by atoms with van der Waals surface area (Å²) < 4.78 is 22.8. The number of pyridine rings is 1. The molecule has 1 aliphatic carbocycles. The van der Waals surface area contributed by atoms with Crippen molar-refractivity contribution in [2.45, 2.75) is 50.0 Å². The molecule has 32 heavy (non-hydrogen) atoms. The van der Waals surface area contributed by atoms with Crippen LogP contribution in [0, 0.1) is 6.92 Å². The number of fused-ring (bicyclic) bond motifs is 1. The third-order valence-electron chi connectivity index (χ3n) is 5.39. The molecule has 1 fully saturated rings. The first-order valence-corrected chi connectivity index (χ1v) is 11.9. The smallest absolute Gasteiger partial charge is 0.320 e. The number of nitrogens with one attached hydrogen (secondary N) is 3. The van der Waals surface area contributed by atoms with Gasteiger partial charge in [-0.15, -0.1) is 0 Å². The van der Waals surface area contributed by atoms with E-state index in [9.17, 15) is 13.2 Å². The maximum atomic E-state index is 12.4. The molecule has 0 radical (unpaired) electrons. The average Bonchev–Trinajstić information content (AvgIpc) is 2.74. The predicted octanol–water partition coefficient (Wildman–Crippen LogP) is 3.18. The van der Waals surface area contributed by atoms with E-state index in [0.29, 0.717) is 17.2 Å². The molecule has 1 aromatic carbocycles. The molecule has 5 N–H and O–H groups in total. The topological polar surface area (TPSA) is 152 Å². The Kier molecular flexibility index (Phi) is 6.19. The zero-order valence-electron chi connectivity index (χ0n) is 17.6. The van der Waals surface area contributed by atoms with Gasteiger partial charge >= 0.3 is 6.03 Å². The van der Waals surface area contributed by atoms with Crippen molar-refractivity contribution in [3.8, 4) is 0 Å². The first kappa shape index (κ1) is 21.9. The summed E-state index contributed by atoms with van der Waals surface area (Å²) in [5.74, 6) is 0.696. The summed E-state index contributed by atoms with van der Waals surface area (Å²) in [5.41, 5.74) is 1.90. The van der Waals surface area contributed by atoms with Crippen LogP contribution in [-0.4, -0.2) is 35.4 Å². The number of anilines is 3. The van der Waals surface area contributed by atoms with Crippen LogP contribution in [0.5, 0.6) is 0 Å². The molecule has 10 nitrogen and oxygen atoms in total. The molecule has 11 heteroatoms. The number of benzene rings is 1. The monoisotopic (exact) mass is 455 g/mol. The standard InChI is InChI=1S/C21H25N7O3S/c1-13-11-18(27-21(29)25-14-5-3-2-4-6-14)26-19-17(13)12-23-20(28-19)24-15-7-9-16(10-8-15)32(22,30)31/h7-12,14H,2-6H2,1H3,(H2,22,30,31)(H3,23,24,25,26,27,28,29). The maximum absolute atomic E-state index is 12.4. The van der Waals surface area contributed by atoms with Crippen molar-refractivity contribution < 1.29 is 13.2 Å². The number of carbonyl (C=O) groups is 1. The number of primary sulfonamides is 1. The largest absolute Gasteiger partial charge is 0.335 e. The van der Waals surface area contributed by atoms with Gasteiger partial charge in [0, 0.05) is 23.3 Å². The molecule has 0 spiro atoms. The number of amides is 2. The molecule has 0 aliphatic heterocycles. The molecule has 2 heterocycles. The molecule has 0 atom stereocenters. The maximum Gasteiger partial charge on any atom is 0.320 e. The molecule has 1 aliphatic rings. The Labute approximate surface area is 186 Å². The number of nitrogens with two attached hydrogens (primary N) is 1. The highest BCUT2D eigenvalue weighted by Gasteiger charge is 2.16. The zero-order chi connectivity index (χ0) is 22.7. The molecule has 168 valence electrons. The van der Waals surface area contributed by atoms with Gasteiger partial charge in [-0.1, -0.05) is 19.3 Å². The molecule has 4 rings (SSSR count). The second kappa shape index (κ2) is 9.05. The van der Waals surface area contributed by atoms with Crippen molar-refractivity contribution >= 4 is 44.5 Å². The Bertz CT molecular complexity index is 1240. The summed E-state index contributed by atoms with van der Waals surface area (Å²) >= 11 is 0. The number of nitrogens with zero attached hydrogens (tertiary/aromatic N) is 3. The van der Waals surface area contributed by atoms with Crippen molar-refractivity contribution in [3.63, 3.8) is 0 Å². The minimum Gasteiger partial charge on any atom is -0.335 e. The number of aryl methyl sites for hydroxylation is 1. The van der Waals surface area contributed by atoms with Gasteiger partial charge in [0.1, 0.15) is 5.82 Å². The second-order valence-electron chi connectivity index (χ2n) is 7.88. The average molecular weight is 456 g/mol. The SMILES string of the molecule is Cc1cc(NC(=O)NC2CCCCC2)nc2nc(Nc3ccc(S(N)(=O)=O)cc3)ncc12. The minimum absolute atomic E-state index is 0.0157. The number of hydrogen-bond acceptors (Lipinski definition) is 7. The van der Waals surface area contributed by atoms with Crippen LogP contribution >= 0.6 is 0 Å². The van der Waals surface area contributed by atoms with E-state index in [1.165, 1.54) is 18.6 Å². The third-order valence-corrected chi connectivity index (χ3v) is 6.32. The Hall–Kier alpha value is -3.31. The summed E-state index contributed by atoms with van der Waals surface area (Å²) in [6, 6.07) is 7.64. The molecule has 0 unspecified atom stereocenters. The summed E-state index contributed by atoms with van der Waals surface area (Å²) in [5, 5.41) is 14.7. The molecular formula is C21H25N7O3S. The van der Waals surface area contributed by atoms with Gasteiger partial charge in [-0.3, -0.25) is 5.32 Å². The Balaban J connectivity index is 1.50. The summed E-state index contributed by atoms with van der Waals surface area (Å²) in [7, 11) is -3.76. The number of sulfonamides is 1. The highest BCUT2D eigenvalue weighted by molar-refractivity contribution is 7.89. The number of carbonyl (C=O) groups excluding carboxylic acids is 1. The van der Waals surface area contributed by atoms with E-state index in [1.807, 2.05) is 6.92 Å². The second-order valence-corrected chi connectivity index (χ2v) is 9.44. The van der Waals surface area contributed by atoms with Gasteiger partial charge in [0.05, 0.1) is 4.90 Å². The fraction of sp³-hybridized carbons (Fsp3) is 0.333. The lowest BCUT2D eigenvalue weighted by Crippen LogP contribution is -2.39. The highest BCUT2D eigenvalue weighted by atomic mass is 32.2. The molecule has 2 aromatic heterocycles. The van der Waals surface area contributed by atoms with E-state index >= 15 is 0 Å². The van der Waals surface area contributed by atoms with Crippen LogP contribution in [0.1, 0.15) is 37.7 Å². The van der Waals surface area contributed by atoms with E-state index < -0.39 is 10.0 Å². The zero-order valence-corrected chi connectivity index (χ0v) is 18.4. The lowest BCUT2D eigenvalue weighted by atomic mass is 9.96. The Morgan fingerprint density at radius 3 is 2.50 bits per heavy atom. The fourth-order valence-corrected chi connectivity index (χ4v) is 4.25. The van der Waals surface area contributed by atoms with Crippen molar-refractivity contribution in [1.29, 1.82) is 0 Å². The normalized spacial score (nSPS) is 14.8. The van der Waals surface area contributed by atoms with Crippen molar-refractivity contribution in [2.75, 3.05) is 10.6 Å². The van der Waals surface area contributed by atoms with Crippen LogP contribution in [0.2, 0.25) is 0 Å². The first-order valence-electron chi connectivity index (χ1n) is 10.4.